The first-order valence-electron chi connectivity index (χ1n) is 5.74. The fourth-order valence-electron chi connectivity index (χ4n) is 1.61. The van der Waals surface area contributed by atoms with Gasteiger partial charge < -0.3 is 10.4 Å². The maximum atomic E-state index is 12.1. The van der Waals surface area contributed by atoms with Crippen molar-refractivity contribution in [2.75, 3.05) is 12.0 Å². The van der Waals surface area contributed by atoms with Gasteiger partial charge in [0, 0.05) is 10.0 Å². The van der Waals surface area contributed by atoms with Gasteiger partial charge in [-0.3, -0.25) is 4.79 Å². The molecule has 0 saturated carbocycles. The van der Waals surface area contributed by atoms with Crippen LogP contribution in [0.4, 0.5) is 0 Å². The van der Waals surface area contributed by atoms with Gasteiger partial charge in [-0.05, 0) is 49.1 Å². The molecule has 0 spiro atoms. The summed E-state index contributed by atoms with van der Waals surface area (Å²) in [5, 5.41) is 11.6. The first kappa shape index (κ1) is 16.0. The Morgan fingerprint density at radius 1 is 1.47 bits per heavy atom. The third-order valence-corrected chi connectivity index (χ3v) is 3.78. The largest absolute Gasteiger partial charge is 0.480 e. The van der Waals surface area contributed by atoms with E-state index in [0.29, 0.717) is 17.7 Å². The van der Waals surface area contributed by atoms with E-state index in [0.717, 1.165) is 10.0 Å². The molecule has 0 fully saturated rings. The molecule has 1 amide bonds. The third kappa shape index (κ3) is 4.87. The van der Waals surface area contributed by atoms with Crippen molar-refractivity contribution in [1.29, 1.82) is 0 Å². The molecule has 1 aromatic carbocycles. The van der Waals surface area contributed by atoms with Crippen LogP contribution in [-0.2, 0) is 4.79 Å². The zero-order valence-electron chi connectivity index (χ0n) is 10.8. The molecule has 1 atom stereocenters. The highest BCUT2D eigenvalue weighted by molar-refractivity contribution is 9.10. The topological polar surface area (TPSA) is 66.4 Å². The van der Waals surface area contributed by atoms with E-state index in [9.17, 15) is 9.59 Å². The summed E-state index contributed by atoms with van der Waals surface area (Å²) >= 11 is 4.88. The van der Waals surface area contributed by atoms with Gasteiger partial charge in [0.1, 0.15) is 6.04 Å². The Morgan fingerprint density at radius 2 is 2.16 bits per heavy atom. The van der Waals surface area contributed by atoms with E-state index >= 15 is 0 Å². The Balaban J connectivity index is 2.78. The zero-order valence-corrected chi connectivity index (χ0v) is 13.2. The Labute approximate surface area is 125 Å². The smallest absolute Gasteiger partial charge is 0.326 e. The second-order valence-corrected chi connectivity index (χ2v) is 6.01. The van der Waals surface area contributed by atoms with Crippen LogP contribution >= 0.6 is 27.7 Å². The second kappa shape index (κ2) is 7.55. The van der Waals surface area contributed by atoms with Crippen LogP contribution in [0.2, 0.25) is 0 Å². The molecular formula is C13H16BrNO3S. The highest BCUT2D eigenvalue weighted by Crippen LogP contribution is 2.16. The molecule has 0 aliphatic rings. The van der Waals surface area contributed by atoms with Crippen LogP contribution in [0.1, 0.15) is 22.3 Å². The van der Waals surface area contributed by atoms with Crippen LogP contribution < -0.4 is 5.32 Å². The molecule has 0 aromatic heterocycles. The van der Waals surface area contributed by atoms with E-state index < -0.39 is 12.0 Å². The molecule has 0 aliphatic heterocycles. The molecule has 104 valence electrons. The monoisotopic (exact) mass is 345 g/mol. The Morgan fingerprint density at radius 3 is 2.68 bits per heavy atom. The van der Waals surface area contributed by atoms with Crippen molar-refractivity contribution in [2.45, 2.75) is 19.4 Å². The number of carboxylic acids is 1. The number of halogens is 1. The van der Waals surface area contributed by atoms with E-state index in [1.54, 1.807) is 23.9 Å². The van der Waals surface area contributed by atoms with Crippen LogP contribution in [0.25, 0.3) is 0 Å². The fraction of sp³-hybridized carbons (Fsp3) is 0.385. The van der Waals surface area contributed by atoms with Gasteiger partial charge in [0.2, 0.25) is 0 Å². The highest BCUT2D eigenvalue weighted by Gasteiger charge is 2.20. The van der Waals surface area contributed by atoms with Gasteiger partial charge in [0.05, 0.1) is 0 Å². The number of thioether (sulfide) groups is 1. The van der Waals surface area contributed by atoms with Gasteiger partial charge in [-0.1, -0.05) is 15.9 Å². The van der Waals surface area contributed by atoms with Crippen LogP contribution in [-0.4, -0.2) is 35.0 Å². The molecule has 1 rings (SSSR count). The van der Waals surface area contributed by atoms with Gasteiger partial charge in [-0.2, -0.15) is 11.8 Å². The summed E-state index contributed by atoms with van der Waals surface area (Å²) in [5.41, 5.74) is 1.31. The molecule has 0 aliphatic carbocycles. The van der Waals surface area contributed by atoms with Crippen molar-refractivity contribution in [3.8, 4) is 0 Å². The van der Waals surface area contributed by atoms with E-state index in [1.807, 2.05) is 19.2 Å². The van der Waals surface area contributed by atoms with Gasteiger partial charge >= 0.3 is 5.97 Å². The average molecular weight is 346 g/mol. The molecule has 4 nitrogen and oxygen atoms in total. The summed E-state index contributed by atoms with van der Waals surface area (Å²) in [6.45, 7) is 1.82. The minimum absolute atomic E-state index is 0.349. The Bertz CT molecular complexity index is 479. The van der Waals surface area contributed by atoms with Crippen molar-refractivity contribution < 1.29 is 14.7 Å². The van der Waals surface area contributed by atoms with Gasteiger partial charge in [-0.25, -0.2) is 4.79 Å². The molecule has 6 heteroatoms. The van der Waals surface area contributed by atoms with Crippen molar-refractivity contribution in [3.05, 3.63) is 33.8 Å². The number of hydrogen-bond acceptors (Lipinski definition) is 3. The highest BCUT2D eigenvalue weighted by atomic mass is 79.9. The molecule has 0 radical (unpaired) electrons. The first-order chi connectivity index (χ1) is 8.95. The number of nitrogens with one attached hydrogen (secondary N) is 1. The molecular weight excluding hydrogens is 330 g/mol. The number of carbonyl (C=O) groups excluding carboxylic acids is 1. The normalized spacial score (nSPS) is 11.9. The van der Waals surface area contributed by atoms with Crippen molar-refractivity contribution in [1.82, 2.24) is 5.32 Å². The van der Waals surface area contributed by atoms with Crippen LogP contribution in [0, 0.1) is 6.92 Å². The maximum Gasteiger partial charge on any atom is 0.326 e. The maximum absolute atomic E-state index is 12.1. The average Bonchev–Trinajstić information content (AvgIpc) is 2.33. The quantitative estimate of drug-likeness (QED) is 0.831. The summed E-state index contributed by atoms with van der Waals surface area (Å²) < 4.78 is 0.888. The number of rotatable bonds is 6. The van der Waals surface area contributed by atoms with Crippen molar-refractivity contribution in [3.63, 3.8) is 0 Å². The van der Waals surface area contributed by atoms with Crippen molar-refractivity contribution >= 4 is 39.6 Å². The number of hydrogen-bond donors (Lipinski definition) is 2. The van der Waals surface area contributed by atoms with E-state index in [-0.39, 0.29) is 5.91 Å². The molecule has 19 heavy (non-hydrogen) atoms. The SMILES string of the molecule is CSCC[C@@H](NC(=O)c1ccc(Br)cc1C)C(=O)O. The van der Waals surface area contributed by atoms with Crippen LogP contribution in [0.3, 0.4) is 0 Å². The summed E-state index contributed by atoms with van der Waals surface area (Å²) in [6, 6.07) is 4.43. The number of benzene rings is 1. The van der Waals surface area contributed by atoms with E-state index in [4.69, 9.17) is 5.11 Å². The third-order valence-electron chi connectivity index (χ3n) is 2.65. The molecule has 0 unspecified atom stereocenters. The first-order valence-corrected chi connectivity index (χ1v) is 7.93. The number of carboxylic acid groups (broad SMARTS) is 1. The predicted octanol–water partition coefficient (Wildman–Crippen LogP) is 2.69. The summed E-state index contributed by atoms with van der Waals surface area (Å²) in [7, 11) is 0. The van der Waals surface area contributed by atoms with Gasteiger partial charge in [0.15, 0.2) is 0 Å². The predicted molar refractivity (Wildman–Crippen MR) is 80.8 cm³/mol. The standard InChI is InChI=1S/C13H16BrNO3S/c1-8-7-9(14)3-4-10(8)12(16)15-11(13(17)18)5-6-19-2/h3-4,7,11H,5-6H2,1-2H3,(H,15,16)(H,17,18)/t11-/m1/s1. The fourth-order valence-corrected chi connectivity index (χ4v) is 2.56. The van der Waals surface area contributed by atoms with E-state index in [1.165, 1.54) is 0 Å². The number of aryl methyl sites for hydroxylation is 1. The number of aliphatic carboxylic acids is 1. The lowest BCUT2D eigenvalue weighted by molar-refractivity contribution is -0.139. The number of amides is 1. The molecule has 0 bridgehead atoms. The Kier molecular flexibility index (Phi) is 6.37. The molecule has 1 aromatic rings. The van der Waals surface area contributed by atoms with Gasteiger partial charge in [-0.15, -0.1) is 0 Å². The minimum atomic E-state index is -1.00. The zero-order chi connectivity index (χ0) is 14.4. The second-order valence-electron chi connectivity index (χ2n) is 4.11. The number of carbonyl (C=O) groups is 2. The summed E-state index contributed by atoms with van der Waals surface area (Å²) in [6.07, 6.45) is 2.32. The molecule has 0 heterocycles. The lowest BCUT2D eigenvalue weighted by atomic mass is 10.1. The van der Waals surface area contributed by atoms with Crippen LogP contribution in [0.15, 0.2) is 22.7 Å². The van der Waals surface area contributed by atoms with Crippen LogP contribution in [0.5, 0.6) is 0 Å². The minimum Gasteiger partial charge on any atom is -0.480 e. The van der Waals surface area contributed by atoms with Gasteiger partial charge in [0.25, 0.3) is 5.91 Å². The molecule has 0 saturated heterocycles. The molecule has 2 N–H and O–H groups in total. The van der Waals surface area contributed by atoms with Crippen molar-refractivity contribution in [2.24, 2.45) is 0 Å². The summed E-state index contributed by atoms with van der Waals surface area (Å²) in [5.74, 6) is -0.660. The lowest BCUT2D eigenvalue weighted by Crippen LogP contribution is -2.41. The summed E-state index contributed by atoms with van der Waals surface area (Å²) in [4.78, 5) is 23.1. The lowest BCUT2D eigenvalue weighted by Gasteiger charge is -2.15. The van der Waals surface area contributed by atoms with E-state index in [2.05, 4.69) is 21.2 Å². The Hall–Kier alpha value is -1.01.